The molecule has 53 heavy (non-hydrogen) atoms. The van der Waals surface area contributed by atoms with E-state index in [2.05, 4.69) is 195 Å². The van der Waals surface area contributed by atoms with Gasteiger partial charge in [-0.2, -0.15) is 0 Å². The maximum Gasteiger partial charge on any atom is 0.0640 e. The lowest BCUT2D eigenvalue weighted by Gasteiger charge is -2.31. The zero-order valence-electron chi connectivity index (χ0n) is 29.6. The lowest BCUT2D eigenvalue weighted by Crippen LogP contribution is -2.17. The van der Waals surface area contributed by atoms with Crippen LogP contribution in [0.2, 0.25) is 0 Å². The molecular formula is C51H35NS. The van der Waals surface area contributed by atoms with E-state index in [0.717, 1.165) is 5.69 Å². The Hall–Kier alpha value is -6.22. The van der Waals surface area contributed by atoms with Gasteiger partial charge in [0.25, 0.3) is 0 Å². The summed E-state index contributed by atoms with van der Waals surface area (Å²) < 4.78 is 2.60. The summed E-state index contributed by atoms with van der Waals surface area (Å²) in [5.74, 6) is 0. The van der Waals surface area contributed by atoms with Crippen molar-refractivity contribution in [1.29, 1.82) is 0 Å². The average molecular weight is 694 g/mol. The molecule has 0 N–H and O–H groups in total. The molecule has 0 radical (unpaired) electrons. The van der Waals surface area contributed by atoms with E-state index in [4.69, 9.17) is 0 Å². The van der Waals surface area contributed by atoms with Crippen LogP contribution in [0.1, 0.15) is 25.0 Å². The van der Waals surface area contributed by atoms with Crippen molar-refractivity contribution in [1.82, 2.24) is 0 Å². The second kappa shape index (κ2) is 11.4. The Bertz CT molecular complexity index is 3110. The van der Waals surface area contributed by atoms with E-state index in [-0.39, 0.29) is 5.41 Å². The molecule has 0 bridgehead atoms. The third-order valence-electron chi connectivity index (χ3n) is 11.6. The highest BCUT2D eigenvalue weighted by Crippen LogP contribution is 2.54. The molecule has 0 fully saturated rings. The largest absolute Gasteiger partial charge is 0.308 e. The van der Waals surface area contributed by atoms with Crippen LogP contribution in [0.3, 0.4) is 0 Å². The molecule has 0 saturated carbocycles. The first-order valence-corrected chi connectivity index (χ1v) is 19.2. The van der Waals surface area contributed by atoms with Crippen molar-refractivity contribution in [3.63, 3.8) is 0 Å². The standard InChI is InChI=1S/C51H35NS/c1-51(2)44-30-36-16-6-5-15-35(36)29-43(44)40-26-25-38(31-45(40)51)52(47-20-11-19-42-41-18-9-10-21-48(41)53-50(42)47)46-27-24-33-13-7-8-17-39(33)49(46)37-23-22-32-12-3-4-14-34(32)28-37/h3-31H,1-2H3. The molecule has 0 atom stereocenters. The maximum atomic E-state index is 2.55. The molecule has 0 spiro atoms. The fourth-order valence-corrected chi connectivity index (χ4v) is 10.2. The summed E-state index contributed by atoms with van der Waals surface area (Å²) >= 11 is 1.89. The molecule has 0 aliphatic heterocycles. The van der Waals surface area contributed by atoms with Gasteiger partial charge in [-0.05, 0) is 109 Å². The molecule has 1 heterocycles. The summed E-state index contributed by atoms with van der Waals surface area (Å²) in [4.78, 5) is 2.55. The van der Waals surface area contributed by atoms with E-state index in [9.17, 15) is 0 Å². The van der Waals surface area contributed by atoms with Gasteiger partial charge < -0.3 is 4.90 Å². The van der Waals surface area contributed by atoms with Gasteiger partial charge in [0.1, 0.15) is 0 Å². The number of nitrogens with zero attached hydrogens (tertiary/aromatic N) is 1. The smallest absolute Gasteiger partial charge is 0.0640 e. The van der Waals surface area contributed by atoms with Crippen molar-refractivity contribution in [2.45, 2.75) is 19.3 Å². The number of fused-ring (bicyclic) bond motifs is 9. The first-order chi connectivity index (χ1) is 26.0. The fraction of sp³-hybridized carbons (Fsp3) is 0.0588. The van der Waals surface area contributed by atoms with Gasteiger partial charge in [-0.1, -0.05) is 141 Å². The van der Waals surface area contributed by atoms with Crippen molar-refractivity contribution < 1.29 is 0 Å². The summed E-state index contributed by atoms with van der Waals surface area (Å²) in [5.41, 5.74) is 11.2. The number of thiophene rings is 1. The van der Waals surface area contributed by atoms with E-state index in [1.165, 1.54) is 97.2 Å². The van der Waals surface area contributed by atoms with Gasteiger partial charge in [-0.3, -0.25) is 0 Å². The summed E-state index contributed by atoms with van der Waals surface area (Å²) in [6.45, 7) is 4.79. The molecule has 1 nitrogen and oxygen atoms in total. The maximum absolute atomic E-state index is 2.55. The van der Waals surface area contributed by atoms with Crippen molar-refractivity contribution in [2.24, 2.45) is 0 Å². The van der Waals surface area contributed by atoms with Crippen molar-refractivity contribution in [3.05, 3.63) is 187 Å². The third-order valence-corrected chi connectivity index (χ3v) is 12.8. The van der Waals surface area contributed by atoms with Crippen LogP contribution >= 0.6 is 11.3 Å². The fourth-order valence-electron chi connectivity index (χ4n) is 8.96. The Balaban J connectivity index is 1.22. The van der Waals surface area contributed by atoms with E-state index >= 15 is 0 Å². The minimum absolute atomic E-state index is 0.162. The molecular weight excluding hydrogens is 659 g/mol. The molecule has 250 valence electrons. The van der Waals surface area contributed by atoms with Crippen LogP contribution < -0.4 is 4.90 Å². The van der Waals surface area contributed by atoms with Crippen LogP contribution in [0, 0.1) is 0 Å². The lowest BCUT2D eigenvalue weighted by atomic mass is 9.81. The predicted octanol–water partition coefficient (Wildman–Crippen LogP) is 15.0. The van der Waals surface area contributed by atoms with Crippen molar-refractivity contribution in [2.75, 3.05) is 4.90 Å². The third kappa shape index (κ3) is 4.56. The number of benzene rings is 9. The molecule has 10 aromatic rings. The number of anilines is 3. The number of hydrogen-bond donors (Lipinski definition) is 0. The van der Waals surface area contributed by atoms with E-state index < -0.39 is 0 Å². The molecule has 1 aromatic heterocycles. The monoisotopic (exact) mass is 693 g/mol. The first kappa shape index (κ1) is 30.4. The second-order valence-corrected chi connectivity index (χ2v) is 16.0. The molecule has 11 rings (SSSR count). The Morgan fingerprint density at radius 2 is 1.08 bits per heavy atom. The molecule has 1 aliphatic carbocycles. The Morgan fingerprint density at radius 3 is 1.91 bits per heavy atom. The van der Waals surface area contributed by atoms with Crippen molar-refractivity contribution >= 4 is 80.9 Å². The number of hydrogen-bond acceptors (Lipinski definition) is 2. The molecule has 2 heteroatoms. The predicted molar refractivity (Wildman–Crippen MR) is 230 cm³/mol. The number of rotatable bonds is 4. The molecule has 1 aliphatic rings. The summed E-state index contributed by atoms with van der Waals surface area (Å²) in [6, 6.07) is 65.5. The van der Waals surface area contributed by atoms with Gasteiger partial charge >= 0.3 is 0 Å². The highest BCUT2D eigenvalue weighted by molar-refractivity contribution is 7.26. The second-order valence-electron chi connectivity index (χ2n) is 14.9. The molecule has 9 aromatic carbocycles. The Kier molecular flexibility index (Phi) is 6.53. The van der Waals surface area contributed by atoms with Crippen LogP contribution in [-0.4, -0.2) is 0 Å². The topological polar surface area (TPSA) is 3.24 Å². The van der Waals surface area contributed by atoms with Crippen LogP contribution in [-0.2, 0) is 5.41 Å². The van der Waals surface area contributed by atoms with Gasteiger partial charge in [0, 0.05) is 32.1 Å². The Labute approximate surface area is 313 Å². The van der Waals surface area contributed by atoms with E-state index in [0.29, 0.717) is 0 Å². The highest BCUT2D eigenvalue weighted by atomic mass is 32.1. The van der Waals surface area contributed by atoms with Crippen molar-refractivity contribution in [3.8, 4) is 22.3 Å². The molecule has 0 saturated heterocycles. The lowest BCUT2D eigenvalue weighted by molar-refractivity contribution is 0.661. The Morgan fingerprint density at radius 1 is 0.434 bits per heavy atom. The minimum atomic E-state index is -0.162. The van der Waals surface area contributed by atoms with Crippen LogP contribution in [0.15, 0.2) is 176 Å². The highest BCUT2D eigenvalue weighted by Gasteiger charge is 2.36. The quantitative estimate of drug-likeness (QED) is 0.177. The van der Waals surface area contributed by atoms with Crippen LogP contribution in [0.25, 0.3) is 74.7 Å². The van der Waals surface area contributed by atoms with Gasteiger partial charge in [0.2, 0.25) is 0 Å². The zero-order chi connectivity index (χ0) is 35.3. The van der Waals surface area contributed by atoms with Crippen LogP contribution in [0.4, 0.5) is 17.1 Å². The normalized spacial score (nSPS) is 13.2. The summed E-state index contributed by atoms with van der Waals surface area (Å²) in [5, 5.41) is 10.1. The summed E-state index contributed by atoms with van der Waals surface area (Å²) in [6.07, 6.45) is 0. The van der Waals surface area contributed by atoms with E-state index in [1.807, 2.05) is 11.3 Å². The molecule has 0 unspecified atom stereocenters. The minimum Gasteiger partial charge on any atom is -0.308 e. The van der Waals surface area contributed by atoms with E-state index in [1.54, 1.807) is 0 Å². The van der Waals surface area contributed by atoms with Gasteiger partial charge in [-0.15, -0.1) is 11.3 Å². The summed E-state index contributed by atoms with van der Waals surface area (Å²) in [7, 11) is 0. The zero-order valence-corrected chi connectivity index (χ0v) is 30.4. The van der Waals surface area contributed by atoms with Gasteiger partial charge in [-0.25, -0.2) is 0 Å². The first-order valence-electron chi connectivity index (χ1n) is 18.4. The van der Waals surface area contributed by atoms with Gasteiger partial charge in [0.15, 0.2) is 0 Å². The van der Waals surface area contributed by atoms with Gasteiger partial charge in [0.05, 0.1) is 16.1 Å². The SMILES string of the molecule is CC1(C)c2cc(N(c3ccc4ccccc4c3-c3ccc4ccccc4c3)c3cccc4c3sc3ccccc34)ccc2-c2cc3ccccc3cc21. The average Bonchev–Trinajstić information content (AvgIpc) is 3.69. The molecule has 0 amide bonds. The van der Waals surface area contributed by atoms with Crippen LogP contribution in [0.5, 0.6) is 0 Å².